The average Bonchev–Trinajstić information content (AvgIpc) is 2.50. The summed E-state index contributed by atoms with van der Waals surface area (Å²) in [6.07, 6.45) is 2.38. The maximum absolute atomic E-state index is 12.4. The van der Waals surface area contributed by atoms with E-state index in [4.69, 9.17) is 0 Å². The van der Waals surface area contributed by atoms with Gasteiger partial charge in [-0.1, -0.05) is 0 Å². The topological polar surface area (TPSA) is 35.6 Å². The highest BCUT2D eigenvalue weighted by molar-refractivity contribution is 5.94. The van der Waals surface area contributed by atoms with Crippen LogP contribution in [0.25, 0.3) is 0 Å². The Morgan fingerprint density at radius 1 is 1.29 bits per heavy atom. The average molecular weight is 289 g/mol. The molecule has 1 fully saturated rings. The highest BCUT2D eigenvalue weighted by atomic mass is 16.2. The lowest BCUT2D eigenvalue weighted by Gasteiger charge is -2.31. The Kier molecular flexibility index (Phi) is 5.62. The number of carbonyl (C=O) groups excluding carboxylic acids is 1. The van der Waals surface area contributed by atoms with Crippen molar-refractivity contribution in [1.29, 1.82) is 0 Å². The molecule has 1 aliphatic heterocycles. The van der Waals surface area contributed by atoms with E-state index in [9.17, 15) is 4.79 Å². The van der Waals surface area contributed by atoms with E-state index < -0.39 is 0 Å². The first-order valence-electron chi connectivity index (χ1n) is 7.88. The number of nitrogens with one attached hydrogen (secondary N) is 1. The molecule has 0 aliphatic carbocycles. The fraction of sp³-hybridized carbons (Fsp3) is 0.588. The van der Waals surface area contributed by atoms with E-state index in [-0.39, 0.29) is 5.91 Å². The van der Waals surface area contributed by atoms with Crippen LogP contribution in [0.15, 0.2) is 24.3 Å². The lowest BCUT2D eigenvalue weighted by Crippen LogP contribution is -2.37. The summed E-state index contributed by atoms with van der Waals surface area (Å²) in [4.78, 5) is 16.7. The van der Waals surface area contributed by atoms with Crippen LogP contribution in [0.5, 0.6) is 0 Å². The van der Waals surface area contributed by atoms with E-state index in [2.05, 4.69) is 24.2 Å². The summed E-state index contributed by atoms with van der Waals surface area (Å²) in [5.41, 5.74) is 1.83. The molecule has 0 aromatic heterocycles. The summed E-state index contributed by atoms with van der Waals surface area (Å²) < 4.78 is 0. The Hall–Kier alpha value is -1.55. The molecular formula is C17H27N3O. The maximum Gasteiger partial charge on any atom is 0.253 e. The minimum Gasteiger partial charge on any atom is -0.385 e. The standard InChI is InChI=1S/C17H27N3O/c1-4-18-16-7-5-15(6-8-16)17(21)20(3)13-14-9-11-19(2)12-10-14/h5-8,14,18H,4,9-13H2,1-3H3. The summed E-state index contributed by atoms with van der Waals surface area (Å²) in [5, 5.41) is 3.24. The van der Waals surface area contributed by atoms with E-state index in [1.807, 2.05) is 36.2 Å². The van der Waals surface area contributed by atoms with E-state index in [1.165, 1.54) is 12.8 Å². The number of carbonyl (C=O) groups is 1. The maximum atomic E-state index is 12.4. The molecule has 1 aromatic rings. The number of likely N-dealkylation sites (tertiary alicyclic amines) is 1. The van der Waals surface area contributed by atoms with E-state index in [1.54, 1.807) is 0 Å². The molecule has 1 heterocycles. The molecule has 1 saturated heterocycles. The largest absolute Gasteiger partial charge is 0.385 e. The van der Waals surface area contributed by atoms with Gasteiger partial charge in [0.1, 0.15) is 0 Å². The first-order chi connectivity index (χ1) is 10.1. The molecule has 0 spiro atoms. The first-order valence-corrected chi connectivity index (χ1v) is 7.88. The molecule has 1 amide bonds. The third-order valence-electron chi connectivity index (χ3n) is 4.23. The van der Waals surface area contributed by atoms with Crippen molar-refractivity contribution in [2.75, 3.05) is 45.6 Å². The second-order valence-electron chi connectivity index (χ2n) is 6.04. The summed E-state index contributed by atoms with van der Waals surface area (Å²) >= 11 is 0. The van der Waals surface area contributed by atoms with Crippen LogP contribution in [0.3, 0.4) is 0 Å². The molecule has 0 saturated carbocycles. The van der Waals surface area contributed by atoms with Gasteiger partial charge in [-0.3, -0.25) is 4.79 Å². The Balaban J connectivity index is 1.89. The quantitative estimate of drug-likeness (QED) is 0.905. The van der Waals surface area contributed by atoms with Crippen LogP contribution >= 0.6 is 0 Å². The molecule has 4 nitrogen and oxygen atoms in total. The van der Waals surface area contributed by atoms with Crippen LogP contribution < -0.4 is 5.32 Å². The number of hydrogen-bond donors (Lipinski definition) is 1. The van der Waals surface area contributed by atoms with Crippen LogP contribution in [0.4, 0.5) is 5.69 Å². The van der Waals surface area contributed by atoms with Gasteiger partial charge in [-0.25, -0.2) is 0 Å². The highest BCUT2D eigenvalue weighted by Crippen LogP contribution is 2.18. The van der Waals surface area contributed by atoms with Gasteiger partial charge in [0.05, 0.1) is 0 Å². The SMILES string of the molecule is CCNc1ccc(C(=O)N(C)CC2CCN(C)CC2)cc1. The lowest BCUT2D eigenvalue weighted by molar-refractivity contribution is 0.0747. The van der Waals surface area contributed by atoms with Crippen molar-refractivity contribution < 1.29 is 4.79 Å². The van der Waals surface area contributed by atoms with E-state index in [0.29, 0.717) is 5.92 Å². The number of benzene rings is 1. The number of hydrogen-bond acceptors (Lipinski definition) is 3. The number of nitrogens with zero attached hydrogens (tertiary/aromatic N) is 2. The predicted molar refractivity (Wildman–Crippen MR) is 87.8 cm³/mol. The first kappa shape index (κ1) is 15.8. The molecule has 0 radical (unpaired) electrons. The number of piperidine rings is 1. The number of rotatable bonds is 5. The number of anilines is 1. The summed E-state index contributed by atoms with van der Waals surface area (Å²) in [6, 6.07) is 7.76. The van der Waals surface area contributed by atoms with Gasteiger partial charge in [-0.05, 0) is 70.1 Å². The molecule has 1 N–H and O–H groups in total. The van der Waals surface area contributed by atoms with E-state index in [0.717, 1.165) is 37.4 Å². The van der Waals surface area contributed by atoms with Crippen LogP contribution in [-0.2, 0) is 0 Å². The van der Waals surface area contributed by atoms with Gasteiger partial charge in [0.15, 0.2) is 0 Å². The molecule has 21 heavy (non-hydrogen) atoms. The zero-order chi connectivity index (χ0) is 15.2. The summed E-state index contributed by atoms with van der Waals surface area (Å²) in [5.74, 6) is 0.758. The molecular weight excluding hydrogens is 262 g/mol. The third kappa shape index (κ3) is 4.46. The van der Waals surface area contributed by atoms with Crippen LogP contribution in [0.2, 0.25) is 0 Å². The zero-order valence-electron chi connectivity index (χ0n) is 13.4. The van der Waals surface area contributed by atoms with Gasteiger partial charge in [0.25, 0.3) is 5.91 Å². The van der Waals surface area contributed by atoms with Crippen molar-refractivity contribution >= 4 is 11.6 Å². The van der Waals surface area contributed by atoms with Crippen molar-refractivity contribution in [2.24, 2.45) is 5.92 Å². The minimum atomic E-state index is 0.122. The van der Waals surface area contributed by atoms with Crippen molar-refractivity contribution in [1.82, 2.24) is 9.80 Å². The van der Waals surface area contributed by atoms with Crippen molar-refractivity contribution in [3.05, 3.63) is 29.8 Å². The van der Waals surface area contributed by atoms with Crippen molar-refractivity contribution in [3.8, 4) is 0 Å². The monoisotopic (exact) mass is 289 g/mol. The lowest BCUT2D eigenvalue weighted by atomic mass is 9.96. The Morgan fingerprint density at radius 3 is 2.48 bits per heavy atom. The molecule has 1 aliphatic rings. The zero-order valence-corrected chi connectivity index (χ0v) is 13.4. The van der Waals surface area contributed by atoms with Gasteiger partial charge < -0.3 is 15.1 Å². The molecule has 4 heteroatoms. The number of amides is 1. The Morgan fingerprint density at radius 2 is 1.90 bits per heavy atom. The molecule has 0 unspecified atom stereocenters. The van der Waals surface area contributed by atoms with Gasteiger partial charge in [0, 0.05) is 31.4 Å². The highest BCUT2D eigenvalue weighted by Gasteiger charge is 2.20. The van der Waals surface area contributed by atoms with Gasteiger partial charge in [0.2, 0.25) is 0 Å². The fourth-order valence-electron chi connectivity index (χ4n) is 2.87. The molecule has 116 valence electrons. The van der Waals surface area contributed by atoms with Crippen molar-refractivity contribution in [2.45, 2.75) is 19.8 Å². The Labute approximate surface area is 128 Å². The summed E-state index contributed by atoms with van der Waals surface area (Å²) in [7, 11) is 4.08. The van der Waals surface area contributed by atoms with Gasteiger partial charge in [-0.15, -0.1) is 0 Å². The molecule has 2 rings (SSSR count). The van der Waals surface area contributed by atoms with Gasteiger partial charge >= 0.3 is 0 Å². The third-order valence-corrected chi connectivity index (χ3v) is 4.23. The van der Waals surface area contributed by atoms with Crippen LogP contribution in [0.1, 0.15) is 30.1 Å². The molecule has 1 aromatic carbocycles. The second kappa shape index (κ2) is 7.46. The minimum absolute atomic E-state index is 0.122. The van der Waals surface area contributed by atoms with Gasteiger partial charge in [-0.2, -0.15) is 0 Å². The normalized spacial score (nSPS) is 16.7. The molecule has 0 bridgehead atoms. The Bertz CT molecular complexity index is 450. The fourth-order valence-corrected chi connectivity index (χ4v) is 2.87. The van der Waals surface area contributed by atoms with Crippen molar-refractivity contribution in [3.63, 3.8) is 0 Å². The smallest absolute Gasteiger partial charge is 0.253 e. The van der Waals surface area contributed by atoms with Crippen LogP contribution in [-0.4, -0.2) is 56.0 Å². The predicted octanol–water partition coefficient (Wildman–Crippen LogP) is 2.53. The second-order valence-corrected chi connectivity index (χ2v) is 6.04. The summed E-state index contributed by atoms with van der Waals surface area (Å²) in [6.45, 7) is 6.10. The van der Waals surface area contributed by atoms with Crippen LogP contribution in [0, 0.1) is 5.92 Å². The van der Waals surface area contributed by atoms with E-state index >= 15 is 0 Å². The molecule has 0 atom stereocenters.